The molecule has 0 heterocycles. The molecule has 1 N–H and O–H groups in total. The second kappa shape index (κ2) is 5.39. The maximum absolute atomic E-state index is 13.7. The van der Waals surface area contributed by atoms with E-state index < -0.39 is 17.9 Å². The second-order valence-corrected chi connectivity index (χ2v) is 5.23. The van der Waals surface area contributed by atoms with Crippen LogP contribution in [0.2, 0.25) is 0 Å². The molecule has 0 saturated heterocycles. The van der Waals surface area contributed by atoms with E-state index in [9.17, 15) is 17.6 Å². The molecule has 0 aliphatic heterocycles. The van der Waals surface area contributed by atoms with Crippen molar-refractivity contribution in [1.29, 1.82) is 0 Å². The third kappa shape index (κ3) is 3.61. The highest BCUT2D eigenvalue weighted by molar-refractivity contribution is 5.47. The lowest BCUT2D eigenvalue weighted by Crippen LogP contribution is -2.34. The summed E-state index contributed by atoms with van der Waals surface area (Å²) in [7, 11) is 0. The Kier molecular flexibility index (Phi) is 4.02. The molecule has 1 saturated carbocycles. The Bertz CT molecular complexity index is 442. The van der Waals surface area contributed by atoms with E-state index in [4.69, 9.17) is 0 Å². The van der Waals surface area contributed by atoms with Crippen molar-refractivity contribution in [2.75, 3.05) is 5.32 Å². The molecule has 1 aromatic carbocycles. The van der Waals surface area contributed by atoms with Crippen molar-refractivity contribution in [3.05, 3.63) is 29.6 Å². The van der Waals surface area contributed by atoms with E-state index in [2.05, 4.69) is 5.32 Å². The van der Waals surface area contributed by atoms with E-state index in [1.807, 2.05) is 0 Å². The van der Waals surface area contributed by atoms with Gasteiger partial charge < -0.3 is 5.32 Å². The molecular formula is C14H17F4N. The highest BCUT2D eigenvalue weighted by atomic mass is 19.4. The number of alkyl halides is 3. The average Bonchev–Trinajstić information content (AvgIpc) is 2.32. The topological polar surface area (TPSA) is 12.0 Å². The molecule has 0 amide bonds. The van der Waals surface area contributed by atoms with Gasteiger partial charge in [-0.25, -0.2) is 4.39 Å². The maximum Gasteiger partial charge on any atom is 0.391 e. The normalized spacial score (nSPS) is 24.3. The highest BCUT2D eigenvalue weighted by Crippen LogP contribution is 2.38. The minimum Gasteiger partial charge on any atom is -0.380 e. The van der Waals surface area contributed by atoms with E-state index in [0.717, 1.165) is 5.56 Å². The van der Waals surface area contributed by atoms with Crippen molar-refractivity contribution in [2.45, 2.75) is 44.8 Å². The Hall–Kier alpha value is -1.26. The zero-order chi connectivity index (χ0) is 14.0. The average molecular weight is 275 g/mol. The van der Waals surface area contributed by atoms with Crippen LogP contribution in [-0.2, 0) is 0 Å². The molecule has 1 aliphatic rings. The van der Waals surface area contributed by atoms with Gasteiger partial charge in [-0.15, -0.1) is 0 Å². The SMILES string of the molecule is Cc1ccc(NC2CCCC(C(F)(F)F)C2)c(F)c1. The smallest absolute Gasteiger partial charge is 0.380 e. The lowest BCUT2D eigenvalue weighted by molar-refractivity contribution is -0.182. The van der Waals surface area contributed by atoms with Gasteiger partial charge in [0.15, 0.2) is 0 Å². The second-order valence-electron chi connectivity index (χ2n) is 5.23. The van der Waals surface area contributed by atoms with Gasteiger partial charge in [-0.05, 0) is 43.9 Å². The molecule has 19 heavy (non-hydrogen) atoms. The third-order valence-electron chi connectivity index (χ3n) is 3.62. The van der Waals surface area contributed by atoms with Crippen LogP contribution < -0.4 is 5.32 Å². The van der Waals surface area contributed by atoms with Gasteiger partial charge in [0.1, 0.15) is 5.82 Å². The summed E-state index contributed by atoms with van der Waals surface area (Å²) in [4.78, 5) is 0. The quantitative estimate of drug-likeness (QED) is 0.773. The molecule has 1 nitrogen and oxygen atoms in total. The van der Waals surface area contributed by atoms with Gasteiger partial charge >= 0.3 is 6.18 Å². The number of anilines is 1. The van der Waals surface area contributed by atoms with Crippen LogP contribution in [0.3, 0.4) is 0 Å². The molecule has 1 fully saturated rings. The minimum absolute atomic E-state index is 0.0246. The first kappa shape index (κ1) is 14.2. The van der Waals surface area contributed by atoms with Crippen molar-refractivity contribution < 1.29 is 17.6 Å². The Balaban J connectivity index is 2.03. The van der Waals surface area contributed by atoms with E-state index >= 15 is 0 Å². The Morgan fingerprint density at radius 1 is 1.21 bits per heavy atom. The molecule has 0 spiro atoms. The number of hydrogen-bond donors (Lipinski definition) is 1. The summed E-state index contributed by atoms with van der Waals surface area (Å²) in [5.74, 6) is -1.68. The van der Waals surface area contributed by atoms with Crippen molar-refractivity contribution in [1.82, 2.24) is 0 Å². The molecule has 1 aromatic rings. The van der Waals surface area contributed by atoms with Gasteiger partial charge in [-0.2, -0.15) is 13.2 Å². The predicted octanol–water partition coefficient (Wildman–Crippen LogP) is 4.67. The van der Waals surface area contributed by atoms with Gasteiger partial charge in [-0.1, -0.05) is 12.5 Å². The van der Waals surface area contributed by atoms with E-state index in [0.29, 0.717) is 18.5 Å². The van der Waals surface area contributed by atoms with E-state index in [-0.39, 0.29) is 18.9 Å². The Morgan fingerprint density at radius 2 is 1.95 bits per heavy atom. The number of nitrogens with one attached hydrogen (secondary N) is 1. The lowest BCUT2D eigenvalue weighted by Gasteiger charge is -2.31. The van der Waals surface area contributed by atoms with Gasteiger partial charge in [0.2, 0.25) is 0 Å². The Morgan fingerprint density at radius 3 is 2.58 bits per heavy atom. The first-order chi connectivity index (χ1) is 8.86. The largest absolute Gasteiger partial charge is 0.391 e. The van der Waals surface area contributed by atoms with Crippen LogP contribution >= 0.6 is 0 Å². The molecular weight excluding hydrogens is 258 g/mol. The van der Waals surface area contributed by atoms with Crippen molar-refractivity contribution in [2.24, 2.45) is 5.92 Å². The summed E-state index contributed by atoms with van der Waals surface area (Å²) in [6.45, 7) is 1.77. The molecule has 5 heteroatoms. The summed E-state index contributed by atoms with van der Waals surface area (Å²) in [5.41, 5.74) is 1.08. The molecule has 2 rings (SSSR count). The number of hydrogen-bond acceptors (Lipinski definition) is 1. The summed E-state index contributed by atoms with van der Waals surface area (Å²) >= 11 is 0. The summed E-state index contributed by atoms with van der Waals surface area (Å²) in [6.07, 6.45) is -2.77. The van der Waals surface area contributed by atoms with Crippen LogP contribution in [0.1, 0.15) is 31.2 Å². The molecule has 0 bridgehead atoms. The number of benzene rings is 1. The van der Waals surface area contributed by atoms with Gasteiger partial charge in [0.05, 0.1) is 11.6 Å². The summed E-state index contributed by atoms with van der Waals surface area (Å²) in [5, 5.41) is 2.90. The third-order valence-corrected chi connectivity index (χ3v) is 3.62. The van der Waals surface area contributed by atoms with Gasteiger partial charge in [0, 0.05) is 6.04 Å². The number of rotatable bonds is 2. The predicted molar refractivity (Wildman–Crippen MR) is 66.6 cm³/mol. The van der Waals surface area contributed by atoms with Crippen molar-refractivity contribution in [3.63, 3.8) is 0 Å². The van der Waals surface area contributed by atoms with Crippen LogP contribution in [0.5, 0.6) is 0 Å². The maximum atomic E-state index is 13.7. The van der Waals surface area contributed by atoms with Crippen LogP contribution in [-0.4, -0.2) is 12.2 Å². The highest BCUT2D eigenvalue weighted by Gasteiger charge is 2.42. The van der Waals surface area contributed by atoms with Crippen LogP contribution in [0.15, 0.2) is 18.2 Å². The summed E-state index contributed by atoms with van der Waals surface area (Å²) < 4.78 is 51.7. The zero-order valence-corrected chi connectivity index (χ0v) is 10.7. The first-order valence-corrected chi connectivity index (χ1v) is 6.45. The summed E-state index contributed by atoms with van der Waals surface area (Å²) in [6, 6.07) is 4.40. The van der Waals surface area contributed by atoms with Crippen LogP contribution in [0.25, 0.3) is 0 Å². The molecule has 0 aromatic heterocycles. The van der Waals surface area contributed by atoms with Crippen molar-refractivity contribution >= 4 is 5.69 Å². The van der Waals surface area contributed by atoms with Crippen LogP contribution in [0.4, 0.5) is 23.2 Å². The Labute approximate surface area is 110 Å². The van der Waals surface area contributed by atoms with E-state index in [1.165, 1.54) is 6.07 Å². The number of aryl methyl sites for hydroxylation is 1. The molecule has 106 valence electrons. The zero-order valence-electron chi connectivity index (χ0n) is 10.7. The molecule has 2 unspecified atom stereocenters. The van der Waals surface area contributed by atoms with Gasteiger partial charge in [-0.3, -0.25) is 0 Å². The van der Waals surface area contributed by atoms with Crippen LogP contribution in [0, 0.1) is 18.7 Å². The minimum atomic E-state index is -4.15. The lowest BCUT2D eigenvalue weighted by atomic mass is 9.85. The van der Waals surface area contributed by atoms with Crippen molar-refractivity contribution in [3.8, 4) is 0 Å². The fourth-order valence-electron chi connectivity index (χ4n) is 2.58. The standard InChI is InChI=1S/C14H17F4N/c1-9-5-6-13(12(15)7-9)19-11-4-2-3-10(8-11)14(16,17)18/h5-7,10-11,19H,2-4,8H2,1H3. The molecule has 0 radical (unpaired) electrons. The fourth-order valence-corrected chi connectivity index (χ4v) is 2.58. The fraction of sp³-hybridized carbons (Fsp3) is 0.571. The molecule has 2 atom stereocenters. The number of halogens is 4. The van der Waals surface area contributed by atoms with E-state index in [1.54, 1.807) is 19.1 Å². The molecule has 1 aliphatic carbocycles. The monoisotopic (exact) mass is 275 g/mol. The van der Waals surface area contributed by atoms with Gasteiger partial charge in [0.25, 0.3) is 0 Å². The first-order valence-electron chi connectivity index (χ1n) is 6.45.